The molecule has 0 spiro atoms. The summed E-state index contributed by atoms with van der Waals surface area (Å²) >= 11 is 1.36. The van der Waals surface area contributed by atoms with E-state index in [1.165, 1.54) is 11.3 Å². The Morgan fingerprint density at radius 3 is 2.52 bits per heavy atom. The zero-order valence-corrected chi connectivity index (χ0v) is 16.5. The van der Waals surface area contributed by atoms with E-state index < -0.39 is 34.6 Å². The van der Waals surface area contributed by atoms with Gasteiger partial charge < -0.3 is 10.4 Å². The predicted molar refractivity (Wildman–Crippen MR) is 105 cm³/mol. The van der Waals surface area contributed by atoms with Gasteiger partial charge in [-0.3, -0.25) is 4.79 Å². The molecule has 0 aliphatic rings. The first-order valence-electron chi connectivity index (χ1n) is 8.70. The number of thiazole rings is 1. The fourth-order valence-electron chi connectivity index (χ4n) is 2.82. The number of aryl methyl sites for hydroxylation is 1. The molecule has 29 heavy (non-hydrogen) atoms. The molecule has 0 saturated heterocycles. The molecule has 5 nitrogen and oxygen atoms in total. The molecule has 1 aromatic heterocycles. The van der Waals surface area contributed by atoms with Crippen molar-refractivity contribution < 1.29 is 23.5 Å². The van der Waals surface area contributed by atoms with Gasteiger partial charge in [0.1, 0.15) is 16.6 Å². The molecule has 1 atom stereocenters. The van der Waals surface area contributed by atoms with Crippen molar-refractivity contribution in [2.24, 2.45) is 0 Å². The van der Waals surface area contributed by atoms with Gasteiger partial charge in [-0.2, -0.15) is 0 Å². The summed E-state index contributed by atoms with van der Waals surface area (Å²) < 4.78 is 27.7. The quantitative estimate of drug-likeness (QED) is 0.635. The van der Waals surface area contributed by atoms with E-state index in [1.807, 2.05) is 31.2 Å². The van der Waals surface area contributed by atoms with Gasteiger partial charge in [-0.05, 0) is 32.0 Å². The fraction of sp³-hybridized carbons (Fsp3) is 0.190. The van der Waals surface area contributed by atoms with Crippen LogP contribution in [0.1, 0.15) is 23.7 Å². The second-order valence-electron chi connectivity index (χ2n) is 6.79. The minimum atomic E-state index is -2.13. The molecule has 0 aliphatic carbocycles. The average molecular weight is 416 g/mol. The van der Waals surface area contributed by atoms with Crippen LogP contribution in [0, 0.1) is 18.6 Å². The molecule has 0 fully saturated rings. The zero-order valence-electron chi connectivity index (χ0n) is 15.7. The van der Waals surface area contributed by atoms with E-state index in [0.29, 0.717) is 5.69 Å². The van der Waals surface area contributed by atoms with Gasteiger partial charge in [0.2, 0.25) is 5.91 Å². The molecular weight excluding hydrogens is 398 g/mol. The standard InChI is InChI=1S/C21H18F2N2O3S/c1-12-3-5-13(6-4-12)19-24-15(11-29-19)10-18(26)25-21(2,20(27)28)16-9-14(22)7-8-17(16)23/h3-9,11H,10H2,1-2H3,(H,25,26)(H,27,28). The summed E-state index contributed by atoms with van der Waals surface area (Å²) in [5.74, 6) is -3.90. The topological polar surface area (TPSA) is 79.3 Å². The van der Waals surface area contributed by atoms with Gasteiger partial charge in [-0.15, -0.1) is 11.3 Å². The Bertz CT molecular complexity index is 1070. The van der Waals surface area contributed by atoms with Gasteiger partial charge in [0.25, 0.3) is 0 Å². The number of rotatable bonds is 6. The largest absolute Gasteiger partial charge is 0.479 e. The molecule has 3 rings (SSSR count). The maximum atomic E-state index is 14.1. The molecule has 1 heterocycles. The van der Waals surface area contributed by atoms with E-state index in [1.54, 1.807) is 5.38 Å². The van der Waals surface area contributed by atoms with Gasteiger partial charge in [0.05, 0.1) is 12.1 Å². The predicted octanol–water partition coefficient (Wildman–Crippen LogP) is 4.06. The minimum Gasteiger partial charge on any atom is -0.479 e. The monoisotopic (exact) mass is 416 g/mol. The maximum Gasteiger partial charge on any atom is 0.333 e. The number of halogens is 2. The Morgan fingerprint density at radius 2 is 1.86 bits per heavy atom. The molecule has 2 aromatic carbocycles. The van der Waals surface area contributed by atoms with Crippen molar-refractivity contribution in [3.05, 3.63) is 76.3 Å². The lowest BCUT2D eigenvalue weighted by Gasteiger charge is -2.27. The highest BCUT2D eigenvalue weighted by Gasteiger charge is 2.39. The molecule has 150 valence electrons. The van der Waals surface area contributed by atoms with E-state index in [-0.39, 0.29) is 6.42 Å². The summed E-state index contributed by atoms with van der Waals surface area (Å²) in [6.45, 7) is 3.09. The lowest BCUT2D eigenvalue weighted by atomic mass is 9.91. The second-order valence-corrected chi connectivity index (χ2v) is 7.65. The second kappa shape index (κ2) is 8.08. The number of carbonyl (C=O) groups excluding carboxylic acids is 1. The van der Waals surface area contributed by atoms with Crippen LogP contribution in [0.25, 0.3) is 10.6 Å². The van der Waals surface area contributed by atoms with Crippen LogP contribution in [0.15, 0.2) is 47.8 Å². The van der Waals surface area contributed by atoms with Gasteiger partial charge >= 0.3 is 5.97 Å². The van der Waals surface area contributed by atoms with Crippen LogP contribution in [-0.4, -0.2) is 22.0 Å². The van der Waals surface area contributed by atoms with E-state index in [4.69, 9.17) is 0 Å². The lowest BCUT2D eigenvalue weighted by molar-refractivity contribution is -0.147. The highest BCUT2D eigenvalue weighted by atomic mass is 32.1. The first-order chi connectivity index (χ1) is 13.7. The summed E-state index contributed by atoms with van der Waals surface area (Å²) in [6.07, 6.45) is -0.192. The number of hydrogen-bond acceptors (Lipinski definition) is 4. The van der Waals surface area contributed by atoms with Crippen molar-refractivity contribution in [2.45, 2.75) is 25.8 Å². The number of aliphatic carboxylic acids is 1. The third kappa shape index (κ3) is 4.48. The Balaban J connectivity index is 1.79. The third-order valence-corrected chi connectivity index (χ3v) is 5.42. The van der Waals surface area contributed by atoms with Gasteiger partial charge in [-0.1, -0.05) is 29.8 Å². The smallest absolute Gasteiger partial charge is 0.333 e. The number of carboxylic acids is 1. The van der Waals surface area contributed by atoms with Crippen molar-refractivity contribution in [3.63, 3.8) is 0 Å². The van der Waals surface area contributed by atoms with Crippen molar-refractivity contribution in [2.75, 3.05) is 0 Å². The molecule has 1 unspecified atom stereocenters. The molecule has 8 heteroatoms. The summed E-state index contributed by atoms with van der Waals surface area (Å²) in [7, 11) is 0. The minimum absolute atomic E-state index is 0.192. The SMILES string of the molecule is Cc1ccc(-c2nc(CC(=O)NC(C)(C(=O)O)c3cc(F)ccc3F)cs2)cc1. The zero-order chi connectivity index (χ0) is 21.2. The van der Waals surface area contributed by atoms with Crippen LogP contribution in [-0.2, 0) is 21.5 Å². The number of nitrogens with zero attached hydrogens (tertiary/aromatic N) is 1. The molecule has 3 aromatic rings. The number of carbonyl (C=O) groups is 2. The molecule has 2 N–H and O–H groups in total. The van der Waals surface area contributed by atoms with E-state index in [9.17, 15) is 23.5 Å². The molecule has 0 aliphatic heterocycles. The molecular formula is C21H18F2N2O3S. The lowest BCUT2D eigenvalue weighted by Crippen LogP contribution is -2.50. The number of benzene rings is 2. The normalized spacial score (nSPS) is 13.0. The third-order valence-electron chi connectivity index (χ3n) is 4.48. The first-order valence-corrected chi connectivity index (χ1v) is 9.58. The van der Waals surface area contributed by atoms with E-state index in [2.05, 4.69) is 10.3 Å². The number of hydrogen-bond donors (Lipinski definition) is 2. The van der Waals surface area contributed by atoms with Crippen LogP contribution >= 0.6 is 11.3 Å². The van der Waals surface area contributed by atoms with Gasteiger partial charge in [0, 0.05) is 16.5 Å². The summed E-state index contributed by atoms with van der Waals surface area (Å²) in [6, 6.07) is 10.2. The van der Waals surface area contributed by atoms with Crippen LogP contribution < -0.4 is 5.32 Å². The molecule has 0 radical (unpaired) electrons. The van der Waals surface area contributed by atoms with Crippen LogP contribution in [0.5, 0.6) is 0 Å². The maximum absolute atomic E-state index is 14.1. The number of amides is 1. The van der Waals surface area contributed by atoms with Crippen LogP contribution in [0.4, 0.5) is 8.78 Å². The van der Waals surface area contributed by atoms with E-state index >= 15 is 0 Å². The Labute approximate surface area is 170 Å². The Hall–Kier alpha value is -3.13. The van der Waals surface area contributed by atoms with E-state index in [0.717, 1.165) is 41.3 Å². The number of carboxylic acid groups (broad SMARTS) is 1. The Morgan fingerprint density at radius 1 is 1.17 bits per heavy atom. The number of aromatic nitrogens is 1. The van der Waals surface area contributed by atoms with Gasteiger partial charge in [0.15, 0.2) is 5.54 Å². The van der Waals surface area contributed by atoms with Crippen LogP contribution in [0.3, 0.4) is 0 Å². The molecule has 0 bridgehead atoms. The van der Waals surface area contributed by atoms with Gasteiger partial charge in [-0.25, -0.2) is 18.6 Å². The molecule has 0 saturated carbocycles. The molecule has 1 amide bonds. The Kier molecular flexibility index (Phi) is 5.74. The summed E-state index contributed by atoms with van der Waals surface area (Å²) in [5.41, 5.74) is -0.113. The summed E-state index contributed by atoms with van der Waals surface area (Å²) in [4.78, 5) is 28.6. The first kappa shape index (κ1) is 20.6. The fourth-order valence-corrected chi connectivity index (χ4v) is 3.65. The summed E-state index contributed by atoms with van der Waals surface area (Å²) in [5, 5.41) is 14.3. The highest BCUT2D eigenvalue weighted by molar-refractivity contribution is 7.13. The number of nitrogens with one attached hydrogen (secondary N) is 1. The van der Waals surface area contributed by atoms with Crippen molar-refractivity contribution in [1.29, 1.82) is 0 Å². The van der Waals surface area contributed by atoms with Crippen molar-refractivity contribution in [1.82, 2.24) is 10.3 Å². The highest BCUT2D eigenvalue weighted by Crippen LogP contribution is 2.27. The average Bonchev–Trinajstić information content (AvgIpc) is 3.12. The van der Waals surface area contributed by atoms with Crippen molar-refractivity contribution >= 4 is 23.2 Å². The van der Waals surface area contributed by atoms with Crippen molar-refractivity contribution in [3.8, 4) is 10.6 Å². The van der Waals surface area contributed by atoms with Crippen LogP contribution in [0.2, 0.25) is 0 Å².